The number of benzene rings is 1. The van der Waals surface area contributed by atoms with Crippen LogP contribution in [0, 0.1) is 0 Å². The molecular formula is C12H14F3NO. The first-order chi connectivity index (χ1) is 8.00. The summed E-state index contributed by atoms with van der Waals surface area (Å²) < 4.78 is 43.1. The fraction of sp³-hybridized carbons (Fsp3) is 0.500. The first-order valence-corrected chi connectivity index (χ1v) is 5.57. The molecule has 1 aromatic rings. The van der Waals surface area contributed by atoms with Crippen LogP contribution < -0.4 is 10.5 Å². The molecule has 1 aliphatic rings. The monoisotopic (exact) mass is 245 g/mol. The first kappa shape index (κ1) is 12.2. The smallest absolute Gasteiger partial charge is 0.416 e. The summed E-state index contributed by atoms with van der Waals surface area (Å²) in [6.45, 7) is 0.573. The zero-order chi connectivity index (χ0) is 12.5. The fourth-order valence-electron chi connectivity index (χ4n) is 2.00. The quantitative estimate of drug-likeness (QED) is 0.888. The van der Waals surface area contributed by atoms with Crippen LogP contribution in [0.5, 0.6) is 5.75 Å². The van der Waals surface area contributed by atoms with E-state index in [4.69, 9.17) is 10.5 Å². The Labute approximate surface area is 97.6 Å². The molecular weight excluding hydrogens is 231 g/mol. The van der Waals surface area contributed by atoms with Crippen molar-refractivity contribution >= 4 is 0 Å². The van der Waals surface area contributed by atoms with Gasteiger partial charge in [0.25, 0.3) is 0 Å². The Hall–Kier alpha value is -1.23. The maximum absolute atomic E-state index is 12.5. The van der Waals surface area contributed by atoms with Crippen LogP contribution >= 0.6 is 0 Å². The first-order valence-electron chi connectivity index (χ1n) is 5.57. The second-order valence-electron chi connectivity index (χ2n) is 4.20. The Morgan fingerprint density at radius 1 is 1.35 bits per heavy atom. The predicted octanol–water partition coefficient (Wildman–Crippen LogP) is 2.75. The van der Waals surface area contributed by atoms with Gasteiger partial charge in [0.05, 0.1) is 5.56 Å². The molecule has 5 heteroatoms. The van der Waals surface area contributed by atoms with Gasteiger partial charge in [-0.25, -0.2) is 0 Å². The molecule has 2 N–H and O–H groups in total. The molecule has 0 spiro atoms. The highest BCUT2D eigenvalue weighted by atomic mass is 19.4. The largest absolute Gasteiger partial charge is 0.490 e. The van der Waals surface area contributed by atoms with Crippen molar-refractivity contribution in [2.45, 2.75) is 31.5 Å². The van der Waals surface area contributed by atoms with Crippen molar-refractivity contribution in [1.82, 2.24) is 0 Å². The molecule has 2 nitrogen and oxygen atoms in total. The number of hydrogen-bond acceptors (Lipinski definition) is 2. The van der Waals surface area contributed by atoms with Gasteiger partial charge in [-0.15, -0.1) is 0 Å². The van der Waals surface area contributed by atoms with Crippen molar-refractivity contribution in [1.29, 1.82) is 0 Å². The Balaban J connectivity index is 2.11. The lowest BCUT2D eigenvalue weighted by Gasteiger charge is -2.09. The third-order valence-corrected chi connectivity index (χ3v) is 2.86. The van der Waals surface area contributed by atoms with E-state index in [2.05, 4.69) is 0 Å². The molecule has 0 bridgehead atoms. The zero-order valence-electron chi connectivity index (χ0n) is 9.26. The van der Waals surface area contributed by atoms with E-state index >= 15 is 0 Å². The molecule has 2 rings (SSSR count). The van der Waals surface area contributed by atoms with Crippen molar-refractivity contribution in [2.24, 2.45) is 5.73 Å². The SMILES string of the molecule is NCCCC1Cc2cc(C(F)(F)F)ccc2O1. The van der Waals surface area contributed by atoms with Gasteiger partial charge in [0.15, 0.2) is 0 Å². The zero-order valence-corrected chi connectivity index (χ0v) is 9.26. The maximum atomic E-state index is 12.5. The summed E-state index contributed by atoms with van der Waals surface area (Å²) in [6, 6.07) is 3.64. The molecule has 0 saturated carbocycles. The molecule has 0 radical (unpaired) electrons. The van der Waals surface area contributed by atoms with E-state index in [1.54, 1.807) is 0 Å². The van der Waals surface area contributed by atoms with Gasteiger partial charge in [-0.3, -0.25) is 0 Å². The standard InChI is InChI=1S/C12H14F3NO/c13-12(14,15)9-3-4-11-8(6-9)7-10(17-11)2-1-5-16/h3-4,6,10H,1-2,5,7,16H2. The molecule has 1 atom stereocenters. The lowest BCUT2D eigenvalue weighted by Crippen LogP contribution is -2.14. The van der Waals surface area contributed by atoms with E-state index in [0.717, 1.165) is 18.9 Å². The van der Waals surface area contributed by atoms with Crippen molar-refractivity contribution in [3.8, 4) is 5.75 Å². The third-order valence-electron chi connectivity index (χ3n) is 2.86. The minimum Gasteiger partial charge on any atom is -0.490 e. The number of hydrogen-bond donors (Lipinski definition) is 1. The van der Waals surface area contributed by atoms with Crippen LogP contribution in [0.25, 0.3) is 0 Å². The highest BCUT2D eigenvalue weighted by Gasteiger charge is 2.32. The Morgan fingerprint density at radius 2 is 2.12 bits per heavy atom. The summed E-state index contributed by atoms with van der Waals surface area (Å²) >= 11 is 0. The maximum Gasteiger partial charge on any atom is 0.416 e. The van der Waals surface area contributed by atoms with Crippen LogP contribution in [0.2, 0.25) is 0 Å². The van der Waals surface area contributed by atoms with Gasteiger partial charge in [-0.1, -0.05) is 0 Å². The number of ether oxygens (including phenoxy) is 1. The molecule has 0 fully saturated rings. The van der Waals surface area contributed by atoms with E-state index in [0.29, 0.717) is 24.3 Å². The summed E-state index contributed by atoms with van der Waals surface area (Å²) in [5, 5.41) is 0. The number of rotatable bonds is 3. The van der Waals surface area contributed by atoms with E-state index in [1.807, 2.05) is 0 Å². The van der Waals surface area contributed by atoms with Gasteiger partial charge >= 0.3 is 6.18 Å². The van der Waals surface area contributed by atoms with Crippen LogP contribution in [-0.4, -0.2) is 12.6 Å². The molecule has 0 aliphatic carbocycles. The normalized spacial score (nSPS) is 18.9. The average Bonchev–Trinajstić information content (AvgIpc) is 2.66. The molecule has 1 unspecified atom stereocenters. The molecule has 0 amide bonds. The summed E-state index contributed by atoms with van der Waals surface area (Å²) in [7, 11) is 0. The Bertz CT molecular complexity index is 403. The number of fused-ring (bicyclic) bond motifs is 1. The highest BCUT2D eigenvalue weighted by Crippen LogP contribution is 2.36. The van der Waals surface area contributed by atoms with Gasteiger partial charge in [-0.2, -0.15) is 13.2 Å². The second-order valence-corrected chi connectivity index (χ2v) is 4.20. The van der Waals surface area contributed by atoms with Crippen LogP contribution in [0.3, 0.4) is 0 Å². The van der Waals surface area contributed by atoms with E-state index in [-0.39, 0.29) is 6.10 Å². The van der Waals surface area contributed by atoms with Crippen LogP contribution in [0.1, 0.15) is 24.0 Å². The highest BCUT2D eigenvalue weighted by molar-refractivity contribution is 5.41. The summed E-state index contributed by atoms with van der Waals surface area (Å²) in [5.74, 6) is 0.569. The Kier molecular flexibility index (Phi) is 3.28. The minimum absolute atomic E-state index is 0.0305. The summed E-state index contributed by atoms with van der Waals surface area (Å²) in [4.78, 5) is 0. The number of alkyl halides is 3. The molecule has 1 aliphatic heterocycles. The van der Waals surface area contributed by atoms with E-state index in [1.165, 1.54) is 12.1 Å². The van der Waals surface area contributed by atoms with Crippen molar-refractivity contribution in [3.63, 3.8) is 0 Å². The lowest BCUT2D eigenvalue weighted by atomic mass is 10.0. The molecule has 0 saturated heterocycles. The van der Waals surface area contributed by atoms with Gasteiger partial charge in [0.2, 0.25) is 0 Å². The van der Waals surface area contributed by atoms with E-state index in [9.17, 15) is 13.2 Å². The van der Waals surface area contributed by atoms with Gasteiger partial charge < -0.3 is 10.5 Å². The third kappa shape index (κ3) is 2.72. The topological polar surface area (TPSA) is 35.2 Å². The fourth-order valence-corrected chi connectivity index (χ4v) is 2.00. The predicted molar refractivity (Wildman–Crippen MR) is 57.9 cm³/mol. The molecule has 0 aromatic heterocycles. The van der Waals surface area contributed by atoms with Crippen molar-refractivity contribution in [2.75, 3.05) is 6.54 Å². The van der Waals surface area contributed by atoms with Crippen molar-refractivity contribution in [3.05, 3.63) is 29.3 Å². The summed E-state index contributed by atoms with van der Waals surface area (Å²) in [6.07, 6.45) is -2.17. The minimum atomic E-state index is -4.29. The number of nitrogens with two attached hydrogens (primary N) is 1. The van der Waals surface area contributed by atoms with Gasteiger partial charge in [0.1, 0.15) is 11.9 Å². The lowest BCUT2D eigenvalue weighted by molar-refractivity contribution is -0.137. The van der Waals surface area contributed by atoms with E-state index < -0.39 is 11.7 Å². The van der Waals surface area contributed by atoms with Crippen LogP contribution in [0.4, 0.5) is 13.2 Å². The number of halogens is 3. The molecule has 1 heterocycles. The van der Waals surface area contributed by atoms with Crippen molar-refractivity contribution < 1.29 is 17.9 Å². The molecule has 94 valence electrons. The van der Waals surface area contributed by atoms with Gasteiger partial charge in [0, 0.05) is 6.42 Å². The van der Waals surface area contributed by atoms with Gasteiger partial charge in [-0.05, 0) is 43.1 Å². The average molecular weight is 245 g/mol. The second kappa shape index (κ2) is 4.56. The molecule has 17 heavy (non-hydrogen) atoms. The summed E-state index contributed by atoms with van der Waals surface area (Å²) in [5.41, 5.74) is 5.42. The Morgan fingerprint density at radius 3 is 2.76 bits per heavy atom. The van der Waals surface area contributed by atoms with Crippen LogP contribution in [-0.2, 0) is 12.6 Å². The molecule has 1 aromatic carbocycles. The van der Waals surface area contributed by atoms with Crippen LogP contribution in [0.15, 0.2) is 18.2 Å².